The van der Waals surface area contributed by atoms with Crippen molar-refractivity contribution >= 4 is 21.9 Å². The van der Waals surface area contributed by atoms with E-state index in [1.165, 1.54) is 0 Å². The van der Waals surface area contributed by atoms with Gasteiger partial charge in [0.25, 0.3) is 0 Å². The number of hydrogen-bond donors (Lipinski definition) is 0. The Labute approximate surface area is 99.5 Å². The SMILES string of the molecule is C=C(C)C1(OC(=O)CC)CCCC=C1Br. The first-order valence-electron chi connectivity index (χ1n) is 5.27. The maximum absolute atomic E-state index is 11.4. The molecule has 0 bridgehead atoms. The summed E-state index contributed by atoms with van der Waals surface area (Å²) < 4.78 is 6.49. The van der Waals surface area contributed by atoms with Crippen LogP contribution < -0.4 is 0 Å². The first kappa shape index (κ1) is 12.5. The third kappa shape index (κ3) is 2.51. The fraction of sp³-hybridized carbons (Fsp3) is 0.583. The summed E-state index contributed by atoms with van der Waals surface area (Å²) in [4.78, 5) is 11.4. The average Bonchev–Trinajstić information content (AvgIpc) is 2.21. The molecule has 1 atom stereocenters. The van der Waals surface area contributed by atoms with E-state index in [0.29, 0.717) is 6.42 Å². The number of carbonyl (C=O) groups excluding carboxylic acids is 1. The molecule has 0 fully saturated rings. The molecule has 0 amide bonds. The van der Waals surface area contributed by atoms with Gasteiger partial charge in [-0.25, -0.2) is 0 Å². The van der Waals surface area contributed by atoms with Crippen molar-refractivity contribution in [2.24, 2.45) is 0 Å². The molecule has 1 unspecified atom stereocenters. The van der Waals surface area contributed by atoms with E-state index in [4.69, 9.17) is 4.74 Å². The molecule has 0 aliphatic heterocycles. The van der Waals surface area contributed by atoms with E-state index >= 15 is 0 Å². The van der Waals surface area contributed by atoms with Gasteiger partial charge in [0, 0.05) is 10.9 Å². The average molecular weight is 273 g/mol. The number of halogens is 1. The van der Waals surface area contributed by atoms with E-state index in [9.17, 15) is 4.79 Å². The third-order valence-electron chi connectivity index (χ3n) is 2.71. The Hall–Kier alpha value is -0.570. The van der Waals surface area contributed by atoms with Gasteiger partial charge in [0.1, 0.15) is 0 Å². The molecule has 1 rings (SSSR count). The number of allylic oxidation sites excluding steroid dienone is 1. The van der Waals surface area contributed by atoms with Gasteiger partial charge in [0.05, 0.1) is 0 Å². The number of ether oxygens (including phenoxy) is 1. The molecule has 0 aromatic rings. The molecule has 0 spiro atoms. The first-order valence-corrected chi connectivity index (χ1v) is 6.06. The Morgan fingerprint density at radius 2 is 2.40 bits per heavy atom. The summed E-state index contributed by atoms with van der Waals surface area (Å²) in [6, 6.07) is 0. The van der Waals surface area contributed by atoms with Crippen LogP contribution in [0.1, 0.15) is 39.5 Å². The van der Waals surface area contributed by atoms with E-state index < -0.39 is 5.60 Å². The lowest BCUT2D eigenvalue weighted by atomic mass is 9.85. The van der Waals surface area contributed by atoms with E-state index in [-0.39, 0.29) is 5.97 Å². The maximum atomic E-state index is 11.4. The molecule has 3 heteroatoms. The highest BCUT2D eigenvalue weighted by atomic mass is 79.9. The smallest absolute Gasteiger partial charge is 0.306 e. The summed E-state index contributed by atoms with van der Waals surface area (Å²) in [5, 5.41) is 0. The second-order valence-electron chi connectivity index (χ2n) is 3.88. The summed E-state index contributed by atoms with van der Waals surface area (Å²) in [5.74, 6) is -0.176. The van der Waals surface area contributed by atoms with Crippen LogP contribution in [0.2, 0.25) is 0 Å². The summed E-state index contributed by atoms with van der Waals surface area (Å²) in [5.41, 5.74) is 0.276. The number of carbonyl (C=O) groups is 1. The van der Waals surface area contributed by atoms with Crippen molar-refractivity contribution in [1.82, 2.24) is 0 Å². The summed E-state index contributed by atoms with van der Waals surface area (Å²) in [6.45, 7) is 7.65. The molecule has 0 N–H and O–H groups in total. The Bertz CT molecular complexity index is 307. The number of hydrogen-bond acceptors (Lipinski definition) is 2. The van der Waals surface area contributed by atoms with Gasteiger partial charge in [-0.1, -0.05) is 35.5 Å². The van der Waals surface area contributed by atoms with Gasteiger partial charge in [0.2, 0.25) is 0 Å². The molecule has 0 radical (unpaired) electrons. The molecule has 1 aliphatic carbocycles. The topological polar surface area (TPSA) is 26.3 Å². The highest BCUT2D eigenvalue weighted by Gasteiger charge is 2.39. The van der Waals surface area contributed by atoms with Crippen molar-refractivity contribution in [2.45, 2.75) is 45.1 Å². The van der Waals surface area contributed by atoms with Crippen molar-refractivity contribution in [3.8, 4) is 0 Å². The molecule has 0 saturated carbocycles. The number of rotatable bonds is 3. The van der Waals surface area contributed by atoms with Gasteiger partial charge < -0.3 is 4.74 Å². The zero-order valence-corrected chi connectivity index (χ0v) is 10.9. The van der Waals surface area contributed by atoms with Gasteiger partial charge in [-0.2, -0.15) is 0 Å². The standard InChI is InChI=1S/C12H17BrO2/c1-4-11(14)15-12(9(2)3)8-6-5-7-10(12)13/h7H,2,4-6,8H2,1,3H3. The highest BCUT2D eigenvalue weighted by Crippen LogP contribution is 2.41. The monoisotopic (exact) mass is 272 g/mol. The molecule has 0 saturated heterocycles. The van der Waals surface area contributed by atoms with Crippen molar-refractivity contribution < 1.29 is 9.53 Å². The van der Waals surface area contributed by atoms with Crippen LogP contribution in [0.25, 0.3) is 0 Å². The molecule has 0 heterocycles. The van der Waals surface area contributed by atoms with Crippen LogP contribution >= 0.6 is 15.9 Å². The lowest BCUT2D eigenvalue weighted by Gasteiger charge is -2.36. The van der Waals surface area contributed by atoms with Crippen molar-refractivity contribution in [2.75, 3.05) is 0 Å². The molecule has 2 nitrogen and oxygen atoms in total. The minimum Gasteiger partial charge on any atom is -0.449 e. The van der Waals surface area contributed by atoms with Crippen LogP contribution in [-0.2, 0) is 9.53 Å². The van der Waals surface area contributed by atoms with Gasteiger partial charge in [-0.15, -0.1) is 0 Å². The molecule has 0 aromatic carbocycles. The normalized spacial score (nSPS) is 25.7. The lowest BCUT2D eigenvalue weighted by molar-refractivity contribution is -0.153. The number of esters is 1. The summed E-state index contributed by atoms with van der Waals surface area (Å²) in [7, 11) is 0. The minimum atomic E-state index is -0.606. The summed E-state index contributed by atoms with van der Waals surface area (Å²) in [6.07, 6.45) is 5.35. The van der Waals surface area contributed by atoms with Crippen LogP contribution in [0.3, 0.4) is 0 Å². The fourth-order valence-corrected chi connectivity index (χ4v) is 2.58. The molecule has 1 aliphatic rings. The molecular formula is C12H17BrO2. The van der Waals surface area contributed by atoms with Crippen LogP contribution in [0.5, 0.6) is 0 Å². The zero-order valence-electron chi connectivity index (χ0n) is 9.31. The second-order valence-corrected chi connectivity index (χ2v) is 4.73. The molecule has 15 heavy (non-hydrogen) atoms. The predicted octanol–water partition coefficient (Wildman–Crippen LogP) is 3.72. The van der Waals surface area contributed by atoms with Crippen molar-refractivity contribution in [1.29, 1.82) is 0 Å². The van der Waals surface area contributed by atoms with Crippen molar-refractivity contribution in [3.05, 3.63) is 22.7 Å². The van der Waals surface area contributed by atoms with E-state index in [2.05, 4.69) is 28.6 Å². The Kier molecular flexibility index (Phi) is 4.14. The maximum Gasteiger partial charge on any atom is 0.306 e. The van der Waals surface area contributed by atoms with Crippen LogP contribution in [0.4, 0.5) is 0 Å². The van der Waals surface area contributed by atoms with E-state index in [1.807, 2.05) is 6.92 Å². The minimum absolute atomic E-state index is 0.176. The van der Waals surface area contributed by atoms with Crippen LogP contribution in [0.15, 0.2) is 22.7 Å². The van der Waals surface area contributed by atoms with Crippen LogP contribution in [0, 0.1) is 0 Å². The Morgan fingerprint density at radius 1 is 1.73 bits per heavy atom. The molecule has 0 aromatic heterocycles. The lowest BCUT2D eigenvalue weighted by Crippen LogP contribution is -2.38. The highest BCUT2D eigenvalue weighted by molar-refractivity contribution is 9.11. The Morgan fingerprint density at radius 3 is 2.87 bits per heavy atom. The van der Waals surface area contributed by atoms with Gasteiger partial charge in [-0.3, -0.25) is 4.79 Å². The Balaban J connectivity index is 2.97. The first-order chi connectivity index (χ1) is 7.03. The van der Waals surface area contributed by atoms with Crippen LogP contribution in [-0.4, -0.2) is 11.6 Å². The fourth-order valence-electron chi connectivity index (χ4n) is 1.73. The zero-order chi connectivity index (χ0) is 11.5. The second kappa shape index (κ2) is 4.97. The van der Waals surface area contributed by atoms with Gasteiger partial charge in [-0.05, 0) is 31.8 Å². The van der Waals surface area contributed by atoms with E-state index in [0.717, 1.165) is 29.3 Å². The quantitative estimate of drug-likeness (QED) is 0.578. The predicted molar refractivity (Wildman–Crippen MR) is 64.8 cm³/mol. The van der Waals surface area contributed by atoms with Gasteiger partial charge >= 0.3 is 5.97 Å². The van der Waals surface area contributed by atoms with E-state index in [1.54, 1.807) is 6.92 Å². The third-order valence-corrected chi connectivity index (χ3v) is 3.67. The molecular weight excluding hydrogens is 256 g/mol. The van der Waals surface area contributed by atoms with Crippen molar-refractivity contribution in [3.63, 3.8) is 0 Å². The largest absolute Gasteiger partial charge is 0.449 e. The summed E-state index contributed by atoms with van der Waals surface area (Å²) >= 11 is 3.49. The van der Waals surface area contributed by atoms with Gasteiger partial charge in [0.15, 0.2) is 5.60 Å². The molecule has 84 valence electrons.